The van der Waals surface area contributed by atoms with Crippen LogP contribution < -0.4 is 5.56 Å². The zero-order valence-electron chi connectivity index (χ0n) is 16.6. The minimum Gasteiger partial charge on any atom is -0.342 e. The second-order valence-corrected chi connectivity index (χ2v) is 8.97. The Morgan fingerprint density at radius 2 is 2.18 bits per heavy atom. The lowest BCUT2D eigenvalue weighted by atomic mass is 10.0. The molecule has 152 valence electrons. The van der Waals surface area contributed by atoms with Gasteiger partial charge in [0.15, 0.2) is 5.16 Å². The van der Waals surface area contributed by atoms with Gasteiger partial charge in [0.2, 0.25) is 5.91 Å². The molecule has 0 N–H and O–H groups in total. The molecule has 1 amide bonds. The molecule has 1 unspecified atom stereocenters. The average Bonchev–Trinajstić information content (AvgIpc) is 2.68. The predicted octanol–water partition coefficient (Wildman–Crippen LogP) is 4.59. The highest BCUT2D eigenvalue weighted by atomic mass is 35.5. The Kier molecular flexibility index (Phi) is 7.41. The predicted molar refractivity (Wildman–Crippen MR) is 116 cm³/mol. The third-order valence-electron chi connectivity index (χ3n) is 5.20. The van der Waals surface area contributed by atoms with Crippen LogP contribution in [0.2, 0.25) is 5.02 Å². The lowest BCUT2D eigenvalue weighted by Crippen LogP contribution is -2.40. The maximum absolute atomic E-state index is 13.0. The summed E-state index contributed by atoms with van der Waals surface area (Å²) in [4.78, 5) is 32.3. The van der Waals surface area contributed by atoms with Gasteiger partial charge in [-0.15, -0.1) is 0 Å². The first-order valence-corrected chi connectivity index (χ1v) is 11.5. The Bertz CT molecular complexity index is 899. The second-order valence-electron chi connectivity index (χ2n) is 7.60. The topological polar surface area (TPSA) is 55.2 Å². The van der Waals surface area contributed by atoms with Gasteiger partial charge < -0.3 is 4.90 Å². The van der Waals surface area contributed by atoms with Crippen molar-refractivity contribution in [2.24, 2.45) is 5.92 Å². The fourth-order valence-corrected chi connectivity index (χ4v) is 4.73. The first kappa shape index (κ1) is 21.2. The summed E-state index contributed by atoms with van der Waals surface area (Å²) in [5, 5.41) is 1.73. The van der Waals surface area contributed by atoms with Crippen LogP contribution in [0.25, 0.3) is 10.9 Å². The first-order valence-electron chi connectivity index (χ1n) is 10.1. The molecule has 7 heteroatoms. The lowest BCUT2D eigenvalue weighted by Gasteiger charge is -2.30. The number of rotatable bonds is 7. The van der Waals surface area contributed by atoms with Gasteiger partial charge in [-0.25, -0.2) is 4.98 Å². The molecule has 3 rings (SSSR count). The van der Waals surface area contributed by atoms with E-state index in [1.807, 2.05) is 4.90 Å². The summed E-state index contributed by atoms with van der Waals surface area (Å²) in [5.41, 5.74) is 0.532. The third kappa shape index (κ3) is 5.09. The zero-order chi connectivity index (χ0) is 20.1. The highest BCUT2D eigenvalue weighted by Crippen LogP contribution is 2.23. The smallest absolute Gasteiger partial charge is 0.262 e. The summed E-state index contributed by atoms with van der Waals surface area (Å²) in [6.45, 7) is 6.59. The summed E-state index contributed by atoms with van der Waals surface area (Å²) < 4.78 is 1.72. The van der Waals surface area contributed by atoms with Gasteiger partial charge >= 0.3 is 0 Å². The van der Waals surface area contributed by atoms with Crippen molar-refractivity contribution >= 4 is 40.2 Å². The normalized spacial score (nSPS) is 17.2. The fraction of sp³-hybridized carbons (Fsp3) is 0.571. The van der Waals surface area contributed by atoms with Crippen molar-refractivity contribution in [1.29, 1.82) is 0 Å². The van der Waals surface area contributed by atoms with Crippen molar-refractivity contribution in [1.82, 2.24) is 14.5 Å². The van der Waals surface area contributed by atoms with Gasteiger partial charge in [-0.3, -0.25) is 14.2 Å². The fourth-order valence-electron chi connectivity index (χ4n) is 3.63. The van der Waals surface area contributed by atoms with E-state index in [2.05, 4.69) is 18.8 Å². The van der Waals surface area contributed by atoms with Crippen molar-refractivity contribution in [2.75, 3.05) is 18.8 Å². The highest BCUT2D eigenvalue weighted by Gasteiger charge is 2.22. The maximum Gasteiger partial charge on any atom is 0.262 e. The van der Waals surface area contributed by atoms with Crippen molar-refractivity contribution in [3.8, 4) is 0 Å². The zero-order valence-corrected chi connectivity index (χ0v) is 18.2. The number of halogens is 1. The van der Waals surface area contributed by atoms with E-state index in [0.29, 0.717) is 39.3 Å². The molecule has 0 spiro atoms. The molecule has 1 aromatic carbocycles. The quantitative estimate of drug-likeness (QED) is 0.372. The van der Waals surface area contributed by atoms with E-state index in [9.17, 15) is 9.59 Å². The number of likely N-dealkylation sites (tertiary alicyclic amines) is 1. The number of hydrogen-bond donors (Lipinski definition) is 0. The van der Waals surface area contributed by atoms with Gasteiger partial charge in [-0.2, -0.15) is 0 Å². The number of benzene rings is 1. The minimum atomic E-state index is -0.0562. The van der Waals surface area contributed by atoms with Crippen molar-refractivity contribution in [2.45, 2.75) is 57.7 Å². The van der Waals surface area contributed by atoms with E-state index in [1.165, 1.54) is 18.2 Å². The second kappa shape index (κ2) is 9.79. The first-order chi connectivity index (χ1) is 13.5. The van der Waals surface area contributed by atoms with Crippen LogP contribution in [0.15, 0.2) is 28.2 Å². The summed E-state index contributed by atoms with van der Waals surface area (Å²) >= 11 is 7.45. The van der Waals surface area contributed by atoms with E-state index >= 15 is 0 Å². The Hall–Kier alpha value is -1.53. The average molecular weight is 422 g/mol. The molecule has 5 nitrogen and oxygen atoms in total. The van der Waals surface area contributed by atoms with Crippen molar-refractivity contribution < 1.29 is 4.79 Å². The van der Waals surface area contributed by atoms with Gasteiger partial charge in [0.25, 0.3) is 5.56 Å². The van der Waals surface area contributed by atoms with Gasteiger partial charge in [0.05, 0.1) is 16.7 Å². The Morgan fingerprint density at radius 1 is 1.36 bits per heavy atom. The molecule has 2 heterocycles. The number of nitrogens with zero attached hydrogens (tertiary/aromatic N) is 3. The highest BCUT2D eigenvalue weighted by molar-refractivity contribution is 7.99. The molecule has 1 saturated heterocycles. The molecular weight excluding hydrogens is 394 g/mol. The molecule has 2 aromatic rings. The summed E-state index contributed by atoms with van der Waals surface area (Å²) in [7, 11) is 0. The summed E-state index contributed by atoms with van der Waals surface area (Å²) in [6.07, 6.45) is 5.30. The van der Waals surface area contributed by atoms with Gasteiger partial charge in [-0.05, 0) is 43.4 Å². The van der Waals surface area contributed by atoms with Crippen LogP contribution in [0.1, 0.15) is 46.0 Å². The lowest BCUT2D eigenvalue weighted by molar-refractivity contribution is -0.130. The van der Waals surface area contributed by atoms with Crippen LogP contribution in [0.5, 0.6) is 0 Å². The number of fused-ring (bicyclic) bond motifs is 1. The number of thioether (sulfide) groups is 1. The minimum absolute atomic E-state index is 0.0562. The molecule has 0 aliphatic carbocycles. The molecule has 1 aromatic heterocycles. The van der Waals surface area contributed by atoms with E-state index in [0.717, 1.165) is 38.8 Å². The molecule has 1 aliphatic rings. The Morgan fingerprint density at radius 3 is 2.93 bits per heavy atom. The van der Waals surface area contributed by atoms with Crippen LogP contribution in [0, 0.1) is 5.92 Å². The molecule has 0 radical (unpaired) electrons. The largest absolute Gasteiger partial charge is 0.342 e. The number of amides is 1. The molecule has 1 atom stereocenters. The van der Waals surface area contributed by atoms with E-state index in [1.54, 1.807) is 22.8 Å². The number of carbonyl (C=O) groups is 1. The van der Waals surface area contributed by atoms with Crippen LogP contribution in [0.4, 0.5) is 0 Å². The van der Waals surface area contributed by atoms with Gasteiger partial charge in [0, 0.05) is 24.7 Å². The van der Waals surface area contributed by atoms with Crippen LogP contribution in [0.3, 0.4) is 0 Å². The monoisotopic (exact) mass is 421 g/mol. The number of carbonyl (C=O) groups excluding carboxylic acids is 1. The number of piperidine rings is 1. The van der Waals surface area contributed by atoms with Crippen LogP contribution in [-0.2, 0) is 11.3 Å². The van der Waals surface area contributed by atoms with Gasteiger partial charge in [-0.1, -0.05) is 50.1 Å². The summed E-state index contributed by atoms with van der Waals surface area (Å²) in [6, 6.07) is 5.17. The van der Waals surface area contributed by atoms with Crippen LogP contribution >= 0.6 is 23.4 Å². The molecular formula is C21H28ClN3O2S. The van der Waals surface area contributed by atoms with Crippen molar-refractivity contribution in [3.05, 3.63) is 33.6 Å². The number of unbranched alkanes of at least 4 members (excludes halogenated alkanes) is 2. The molecule has 28 heavy (non-hydrogen) atoms. The Labute approximate surface area is 175 Å². The summed E-state index contributed by atoms with van der Waals surface area (Å²) in [5.74, 6) is 0.979. The van der Waals surface area contributed by atoms with Gasteiger partial charge in [0.1, 0.15) is 0 Å². The maximum atomic E-state index is 13.0. The molecule has 1 fully saturated rings. The van der Waals surface area contributed by atoms with Crippen LogP contribution in [-0.4, -0.2) is 39.2 Å². The SMILES string of the molecule is CCCCCn1c(SCC(=O)N2CCCC(C)C2)nc2cc(Cl)ccc2c1=O. The van der Waals surface area contributed by atoms with E-state index < -0.39 is 0 Å². The Balaban J connectivity index is 1.83. The molecule has 0 bridgehead atoms. The molecule has 1 aliphatic heterocycles. The van der Waals surface area contributed by atoms with Crippen molar-refractivity contribution in [3.63, 3.8) is 0 Å². The third-order valence-corrected chi connectivity index (χ3v) is 6.40. The number of hydrogen-bond acceptors (Lipinski definition) is 4. The van der Waals surface area contributed by atoms with E-state index in [4.69, 9.17) is 11.6 Å². The number of aromatic nitrogens is 2. The standard InChI is InChI=1S/C21H28ClN3O2S/c1-3-4-5-11-25-20(27)17-9-8-16(22)12-18(17)23-21(25)28-14-19(26)24-10-6-7-15(2)13-24/h8-9,12,15H,3-7,10-11,13-14H2,1-2H3. The van der Waals surface area contributed by atoms with E-state index in [-0.39, 0.29) is 11.5 Å². The molecule has 0 saturated carbocycles.